The maximum atomic E-state index is 12.1. The monoisotopic (exact) mass is 622 g/mol. The van der Waals surface area contributed by atoms with Crippen LogP contribution in [0.1, 0.15) is 25.3 Å². The van der Waals surface area contributed by atoms with Gasteiger partial charge in [0.25, 0.3) is 0 Å². The van der Waals surface area contributed by atoms with Gasteiger partial charge in [-0.1, -0.05) is 13.0 Å². The number of carbonyl (C=O) groups excluding carboxylic acids is 1. The number of halogens is 3. The van der Waals surface area contributed by atoms with Gasteiger partial charge in [-0.3, -0.25) is 14.6 Å². The number of carbonyl (C=O) groups is 3. The molecule has 43 heavy (non-hydrogen) atoms. The van der Waals surface area contributed by atoms with Gasteiger partial charge in [-0.05, 0) is 42.5 Å². The number of sulfone groups is 1. The number of carboxylic acids is 2. The summed E-state index contributed by atoms with van der Waals surface area (Å²) < 4.78 is 62.0. The van der Waals surface area contributed by atoms with Crippen LogP contribution in [-0.4, -0.2) is 63.4 Å². The predicted molar refractivity (Wildman–Crippen MR) is 146 cm³/mol. The van der Waals surface area contributed by atoms with Crippen molar-refractivity contribution in [3.05, 3.63) is 66.4 Å². The number of nitrogens with zero attached hydrogens (tertiary/aromatic N) is 2. The van der Waals surface area contributed by atoms with Crippen LogP contribution in [0.2, 0.25) is 0 Å². The number of benzene rings is 2. The van der Waals surface area contributed by atoms with Crippen LogP contribution in [0.5, 0.6) is 11.5 Å². The van der Waals surface area contributed by atoms with E-state index in [1.54, 1.807) is 43.5 Å². The molecule has 228 valence electrons. The molecule has 0 unspecified atom stereocenters. The highest BCUT2D eigenvalue weighted by atomic mass is 32.2. The van der Waals surface area contributed by atoms with Crippen LogP contribution in [0.15, 0.2) is 65.7 Å². The molecule has 1 amide bonds. The van der Waals surface area contributed by atoms with Gasteiger partial charge in [-0.2, -0.15) is 13.2 Å². The number of aromatic amines is 1. The minimum Gasteiger partial charge on any atom is -0.481 e. The van der Waals surface area contributed by atoms with Gasteiger partial charge in [0.1, 0.15) is 17.2 Å². The van der Waals surface area contributed by atoms with E-state index < -0.39 is 33.9 Å². The van der Waals surface area contributed by atoms with E-state index in [0.717, 1.165) is 0 Å². The lowest BCUT2D eigenvalue weighted by Gasteiger charge is -2.13. The molecule has 2 aromatic carbocycles. The van der Waals surface area contributed by atoms with Crippen LogP contribution >= 0.6 is 0 Å². The molecule has 16 heteroatoms. The SMILES string of the molecule is CCS(=O)(=O)c1ccc(Oc2cc3nc(-c4ccccn4)[nH]c3cc2CNC(=O)CCC(=O)O)cc1.O=C(O)C(F)(F)F. The fraction of sp³-hybridized carbons (Fsp3) is 0.222. The number of ether oxygens (including phenoxy) is 1. The van der Waals surface area contributed by atoms with Crippen LogP contribution in [0.25, 0.3) is 22.6 Å². The second-order valence-corrected chi connectivity index (χ2v) is 11.0. The molecule has 0 saturated carbocycles. The highest BCUT2D eigenvalue weighted by molar-refractivity contribution is 7.91. The molecule has 4 N–H and O–H groups in total. The highest BCUT2D eigenvalue weighted by Gasteiger charge is 2.38. The van der Waals surface area contributed by atoms with E-state index >= 15 is 0 Å². The van der Waals surface area contributed by atoms with Crippen molar-refractivity contribution in [2.75, 3.05) is 5.75 Å². The smallest absolute Gasteiger partial charge is 0.481 e. The summed E-state index contributed by atoms with van der Waals surface area (Å²) in [7, 11) is -3.34. The second kappa shape index (κ2) is 13.8. The first kappa shape index (κ1) is 32.5. The Morgan fingerprint density at radius 1 is 1.02 bits per heavy atom. The molecule has 2 aromatic heterocycles. The lowest BCUT2D eigenvalue weighted by Crippen LogP contribution is -2.23. The first-order valence-electron chi connectivity index (χ1n) is 12.4. The van der Waals surface area contributed by atoms with Crippen molar-refractivity contribution in [1.82, 2.24) is 20.3 Å². The minimum atomic E-state index is -5.08. The summed E-state index contributed by atoms with van der Waals surface area (Å²) in [6.07, 6.45) is -3.83. The van der Waals surface area contributed by atoms with Gasteiger partial charge in [0, 0.05) is 30.8 Å². The Labute approximate surface area is 242 Å². The molecule has 0 spiro atoms. The normalized spacial score (nSPS) is 11.3. The van der Waals surface area contributed by atoms with Crippen molar-refractivity contribution < 1.29 is 50.9 Å². The molecule has 2 heterocycles. The van der Waals surface area contributed by atoms with E-state index in [1.807, 2.05) is 12.1 Å². The summed E-state index contributed by atoms with van der Waals surface area (Å²) in [5.41, 5.74) is 2.58. The molecular formula is C27H25F3N4O8S. The van der Waals surface area contributed by atoms with Crippen molar-refractivity contribution in [1.29, 1.82) is 0 Å². The van der Waals surface area contributed by atoms with Crippen LogP contribution in [0.4, 0.5) is 13.2 Å². The number of aliphatic carboxylic acids is 2. The number of H-pyrrole nitrogens is 1. The maximum absolute atomic E-state index is 12.1. The molecule has 0 aliphatic carbocycles. The molecule has 0 fully saturated rings. The zero-order valence-corrected chi connectivity index (χ0v) is 23.2. The Kier molecular flexibility index (Phi) is 10.4. The summed E-state index contributed by atoms with van der Waals surface area (Å²) in [5, 5.41) is 18.6. The second-order valence-electron chi connectivity index (χ2n) is 8.73. The van der Waals surface area contributed by atoms with E-state index in [2.05, 4.69) is 20.3 Å². The molecule has 12 nitrogen and oxygen atoms in total. The molecule has 4 rings (SSSR count). The quantitative estimate of drug-likeness (QED) is 0.198. The first-order valence-corrected chi connectivity index (χ1v) is 14.1. The molecule has 0 radical (unpaired) electrons. The third-order valence-electron chi connectivity index (χ3n) is 5.65. The van der Waals surface area contributed by atoms with Crippen molar-refractivity contribution >= 4 is 38.7 Å². The first-order chi connectivity index (χ1) is 20.2. The van der Waals surface area contributed by atoms with Crippen molar-refractivity contribution in [2.24, 2.45) is 0 Å². The van der Waals surface area contributed by atoms with Gasteiger partial charge in [-0.15, -0.1) is 0 Å². The summed E-state index contributed by atoms with van der Waals surface area (Å²) in [6.45, 7) is 1.67. The molecule has 0 bridgehead atoms. The molecule has 4 aromatic rings. The summed E-state index contributed by atoms with van der Waals surface area (Å²) in [4.78, 5) is 44.1. The van der Waals surface area contributed by atoms with Crippen LogP contribution in [-0.2, 0) is 30.8 Å². The average Bonchev–Trinajstić information content (AvgIpc) is 3.38. The maximum Gasteiger partial charge on any atom is 0.490 e. The van der Waals surface area contributed by atoms with Gasteiger partial charge in [0.2, 0.25) is 5.91 Å². The van der Waals surface area contributed by atoms with Crippen molar-refractivity contribution in [2.45, 2.75) is 37.4 Å². The van der Waals surface area contributed by atoms with Crippen LogP contribution in [0, 0.1) is 0 Å². The van der Waals surface area contributed by atoms with Gasteiger partial charge in [0.05, 0.1) is 28.1 Å². The summed E-state index contributed by atoms with van der Waals surface area (Å²) in [6, 6.07) is 15.1. The van der Waals surface area contributed by atoms with Crippen LogP contribution in [0.3, 0.4) is 0 Å². The van der Waals surface area contributed by atoms with Gasteiger partial charge < -0.3 is 25.3 Å². The van der Waals surface area contributed by atoms with Gasteiger partial charge in [-0.25, -0.2) is 18.2 Å². The Morgan fingerprint density at radius 2 is 1.70 bits per heavy atom. The van der Waals surface area contributed by atoms with E-state index in [4.69, 9.17) is 19.7 Å². The van der Waals surface area contributed by atoms with Crippen molar-refractivity contribution in [3.63, 3.8) is 0 Å². The van der Waals surface area contributed by atoms with Gasteiger partial charge >= 0.3 is 18.1 Å². The fourth-order valence-corrected chi connectivity index (χ4v) is 4.34. The standard InChI is InChI=1S/C25H24N4O6S.C2HF3O2/c1-2-36(33,34)18-8-6-17(7-9-18)35-22-14-21-20(28-25(29-21)19-5-3-4-12-26-19)13-16(22)15-27-23(30)10-11-24(31)32;3-2(4,5)1(6)7/h3-9,12-14H,2,10-11,15H2,1H3,(H,27,30)(H,28,29)(H,31,32);(H,6,7). The Hall–Kier alpha value is -4.99. The minimum absolute atomic E-state index is 0.00659. The van der Waals surface area contributed by atoms with Gasteiger partial charge in [0.15, 0.2) is 15.7 Å². The number of imidazole rings is 1. The average molecular weight is 623 g/mol. The highest BCUT2D eigenvalue weighted by Crippen LogP contribution is 2.31. The lowest BCUT2D eigenvalue weighted by molar-refractivity contribution is -0.192. The predicted octanol–water partition coefficient (Wildman–Crippen LogP) is 4.33. The third-order valence-corrected chi connectivity index (χ3v) is 7.40. The van der Waals surface area contributed by atoms with E-state index in [9.17, 15) is 31.2 Å². The number of amides is 1. The third kappa shape index (κ3) is 9.26. The molecule has 0 atom stereocenters. The molecule has 0 aliphatic heterocycles. The zero-order valence-electron chi connectivity index (χ0n) is 22.4. The number of hydrogen-bond acceptors (Lipinski definition) is 8. The molecule has 0 saturated heterocycles. The van der Waals surface area contributed by atoms with Crippen molar-refractivity contribution in [3.8, 4) is 23.0 Å². The number of hydrogen-bond donors (Lipinski definition) is 4. The lowest BCUT2D eigenvalue weighted by atomic mass is 10.1. The van der Waals surface area contributed by atoms with E-state index in [0.29, 0.717) is 39.6 Å². The Morgan fingerprint density at radius 3 is 2.26 bits per heavy atom. The van der Waals surface area contributed by atoms with Crippen LogP contribution < -0.4 is 10.1 Å². The zero-order chi connectivity index (χ0) is 31.8. The van der Waals surface area contributed by atoms with E-state index in [1.165, 1.54) is 12.1 Å². The number of fused-ring (bicyclic) bond motifs is 1. The summed E-state index contributed by atoms with van der Waals surface area (Å²) in [5.74, 6) is -2.84. The molecule has 0 aliphatic rings. The Balaban J connectivity index is 0.000000646. The molecular weight excluding hydrogens is 597 g/mol. The Bertz CT molecular complexity index is 1710. The number of nitrogens with one attached hydrogen (secondary N) is 2. The van der Waals surface area contributed by atoms with E-state index in [-0.39, 0.29) is 30.0 Å². The number of aromatic nitrogens is 3. The number of alkyl halides is 3. The fourth-order valence-electron chi connectivity index (χ4n) is 3.45. The number of rotatable bonds is 10. The number of carboxylic acid groups (broad SMARTS) is 2. The summed E-state index contributed by atoms with van der Waals surface area (Å²) >= 11 is 0. The largest absolute Gasteiger partial charge is 0.490 e. The number of pyridine rings is 1. The topological polar surface area (TPSA) is 189 Å².